The van der Waals surface area contributed by atoms with E-state index < -0.39 is 5.82 Å². The first kappa shape index (κ1) is 13.2. The average Bonchev–Trinajstić information content (AvgIpc) is 2.69. The molecule has 0 amide bonds. The highest BCUT2D eigenvalue weighted by Gasteiger charge is 2.14. The lowest BCUT2D eigenvalue weighted by Gasteiger charge is -2.17. The molecule has 0 bridgehead atoms. The SMILES string of the molecule is CC(Nc1c(Cl)cc(F)cc1Cl)c1ccnn1C. The maximum Gasteiger partial charge on any atom is 0.126 e. The van der Waals surface area contributed by atoms with Gasteiger partial charge in [0.05, 0.1) is 27.5 Å². The fourth-order valence-corrected chi connectivity index (χ4v) is 2.35. The molecule has 0 saturated carbocycles. The first-order valence-electron chi connectivity index (χ1n) is 5.38. The summed E-state index contributed by atoms with van der Waals surface area (Å²) >= 11 is 11.9. The average molecular weight is 288 g/mol. The smallest absolute Gasteiger partial charge is 0.126 e. The van der Waals surface area contributed by atoms with Crippen LogP contribution < -0.4 is 5.32 Å². The van der Waals surface area contributed by atoms with Gasteiger partial charge in [0.25, 0.3) is 0 Å². The van der Waals surface area contributed by atoms with Gasteiger partial charge in [-0.2, -0.15) is 5.10 Å². The molecule has 0 aliphatic rings. The summed E-state index contributed by atoms with van der Waals surface area (Å²) in [6, 6.07) is 4.30. The van der Waals surface area contributed by atoms with Gasteiger partial charge in [-0.05, 0) is 25.1 Å². The Labute approximate surface area is 115 Å². The summed E-state index contributed by atoms with van der Waals surface area (Å²) in [7, 11) is 1.85. The third-order valence-corrected chi connectivity index (χ3v) is 3.27. The minimum absolute atomic E-state index is 0.0436. The number of nitrogens with one attached hydrogen (secondary N) is 1. The predicted octanol–water partition coefficient (Wildman–Crippen LogP) is 4.04. The number of hydrogen-bond donors (Lipinski definition) is 1. The van der Waals surface area contributed by atoms with E-state index in [-0.39, 0.29) is 16.1 Å². The highest BCUT2D eigenvalue weighted by molar-refractivity contribution is 6.39. The number of aromatic nitrogens is 2. The van der Waals surface area contributed by atoms with Crippen molar-refractivity contribution in [3.8, 4) is 0 Å². The van der Waals surface area contributed by atoms with Crippen molar-refractivity contribution in [2.24, 2.45) is 7.05 Å². The van der Waals surface area contributed by atoms with Gasteiger partial charge in [-0.1, -0.05) is 23.2 Å². The summed E-state index contributed by atoms with van der Waals surface area (Å²) in [6.45, 7) is 1.95. The van der Waals surface area contributed by atoms with Crippen molar-refractivity contribution in [1.82, 2.24) is 9.78 Å². The van der Waals surface area contributed by atoms with Crippen molar-refractivity contribution in [2.45, 2.75) is 13.0 Å². The third-order valence-electron chi connectivity index (χ3n) is 2.67. The second-order valence-electron chi connectivity index (χ2n) is 3.99. The van der Waals surface area contributed by atoms with Crippen LogP contribution >= 0.6 is 23.2 Å². The van der Waals surface area contributed by atoms with Crippen LogP contribution in [-0.4, -0.2) is 9.78 Å². The van der Waals surface area contributed by atoms with Crippen LogP contribution in [0, 0.1) is 5.82 Å². The van der Waals surface area contributed by atoms with Crippen molar-refractivity contribution in [1.29, 1.82) is 0 Å². The van der Waals surface area contributed by atoms with Gasteiger partial charge in [-0.25, -0.2) is 4.39 Å². The molecule has 0 aliphatic carbocycles. The lowest BCUT2D eigenvalue weighted by atomic mass is 10.2. The topological polar surface area (TPSA) is 29.9 Å². The molecule has 0 radical (unpaired) electrons. The van der Waals surface area contributed by atoms with E-state index in [9.17, 15) is 4.39 Å². The first-order chi connectivity index (χ1) is 8.49. The normalized spacial score (nSPS) is 12.5. The van der Waals surface area contributed by atoms with Crippen molar-refractivity contribution >= 4 is 28.9 Å². The minimum Gasteiger partial charge on any atom is -0.375 e. The monoisotopic (exact) mass is 287 g/mol. The van der Waals surface area contributed by atoms with E-state index in [1.807, 2.05) is 20.0 Å². The molecule has 1 aromatic heterocycles. The maximum absolute atomic E-state index is 13.1. The molecule has 2 aromatic rings. The van der Waals surface area contributed by atoms with E-state index in [2.05, 4.69) is 10.4 Å². The fraction of sp³-hybridized carbons (Fsp3) is 0.250. The van der Waals surface area contributed by atoms with Gasteiger partial charge in [0.1, 0.15) is 5.82 Å². The quantitative estimate of drug-likeness (QED) is 0.923. The van der Waals surface area contributed by atoms with Gasteiger partial charge in [-0.3, -0.25) is 4.68 Å². The van der Waals surface area contributed by atoms with Crippen LogP contribution in [0.4, 0.5) is 10.1 Å². The van der Waals surface area contributed by atoms with Crippen LogP contribution in [-0.2, 0) is 7.05 Å². The highest BCUT2D eigenvalue weighted by Crippen LogP contribution is 2.33. The van der Waals surface area contributed by atoms with E-state index in [1.165, 1.54) is 12.1 Å². The summed E-state index contributed by atoms with van der Waals surface area (Å²) in [4.78, 5) is 0. The molecule has 18 heavy (non-hydrogen) atoms. The summed E-state index contributed by atoms with van der Waals surface area (Å²) in [5.74, 6) is -0.455. The second-order valence-corrected chi connectivity index (χ2v) is 4.80. The molecular weight excluding hydrogens is 276 g/mol. The first-order valence-corrected chi connectivity index (χ1v) is 6.13. The zero-order chi connectivity index (χ0) is 13.3. The molecule has 0 saturated heterocycles. The summed E-state index contributed by atoms with van der Waals surface area (Å²) < 4.78 is 14.8. The summed E-state index contributed by atoms with van der Waals surface area (Å²) in [5, 5.41) is 7.76. The number of halogens is 3. The fourth-order valence-electron chi connectivity index (χ4n) is 1.78. The lowest BCUT2D eigenvalue weighted by Crippen LogP contribution is -2.12. The Morgan fingerprint density at radius 3 is 2.44 bits per heavy atom. The zero-order valence-corrected chi connectivity index (χ0v) is 11.4. The molecular formula is C12H12Cl2FN3. The number of rotatable bonds is 3. The van der Waals surface area contributed by atoms with E-state index in [4.69, 9.17) is 23.2 Å². The second kappa shape index (κ2) is 5.16. The van der Waals surface area contributed by atoms with Crippen LogP contribution in [0.3, 0.4) is 0 Å². The Morgan fingerprint density at radius 2 is 1.94 bits per heavy atom. The van der Waals surface area contributed by atoms with Gasteiger partial charge in [-0.15, -0.1) is 0 Å². The van der Waals surface area contributed by atoms with E-state index in [0.29, 0.717) is 5.69 Å². The Kier molecular flexibility index (Phi) is 3.78. The van der Waals surface area contributed by atoms with Gasteiger partial charge in [0.2, 0.25) is 0 Å². The van der Waals surface area contributed by atoms with Crippen molar-refractivity contribution in [2.75, 3.05) is 5.32 Å². The predicted molar refractivity (Wildman–Crippen MR) is 71.7 cm³/mol. The van der Waals surface area contributed by atoms with Gasteiger partial charge >= 0.3 is 0 Å². The van der Waals surface area contributed by atoms with Crippen LogP contribution in [0.5, 0.6) is 0 Å². The largest absolute Gasteiger partial charge is 0.375 e. The van der Waals surface area contributed by atoms with E-state index in [0.717, 1.165) is 5.69 Å². The molecule has 0 spiro atoms. The number of nitrogens with zero attached hydrogens (tertiary/aromatic N) is 2. The molecule has 1 aromatic carbocycles. The molecule has 96 valence electrons. The van der Waals surface area contributed by atoms with Crippen molar-refractivity contribution < 1.29 is 4.39 Å². The van der Waals surface area contributed by atoms with E-state index in [1.54, 1.807) is 10.9 Å². The minimum atomic E-state index is -0.455. The Hall–Kier alpha value is -1.26. The molecule has 1 heterocycles. The number of hydrogen-bond acceptors (Lipinski definition) is 2. The number of anilines is 1. The molecule has 2 rings (SSSR count). The Morgan fingerprint density at radius 1 is 1.33 bits per heavy atom. The Bertz CT molecular complexity index is 545. The standard InChI is InChI=1S/C12H12Cl2FN3/c1-7(11-3-4-16-18(11)2)17-12-9(13)5-8(15)6-10(12)14/h3-7,17H,1-2H3. The third kappa shape index (κ3) is 2.60. The highest BCUT2D eigenvalue weighted by atomic mass is 35.5. The summed E-state index contributed by atoms with van der Waals surface area (Å²) in [5.41, 5.74) is 1.50. The van der Waals surface area contributed by atoms with Crippen molar-refractivity contribution in [3.05, 3.63) is 46.0 Å². The number of benzene rings is 1. The maximum atomic E-state index is 13.1. The van der Waals surface area contributed by atoms with Crippen LogP contribution in [0.1, 0.15) is 18.7 Å². The molecule has 0 aliphatic heterocycles. The number of aryl methyl sites for hydroxylation is 1. The van der Waals surface area contributed by atoms with Crippen LogP contribution in [0.2, 0.25) is 10.0 Å². The molecule has 1 N–H and O–H groups in total. The van der Waals surface area contributed by atoms with E-state index >= 15 is 0 Å². The molecule has 6 heteroatoms. The van der Waals surface area contributed by atoms with Gasteiger partial charge in [0.15, 0.2) is 0 Å². The van der Waals surface area contributed by atoms with Gasteiger partial charge in [0, 0.05) is 13.2 Å². The lowest BCUT2D eigenvalue weighted by molar-refractivity contribution is 0.627. The molecule has 1 atom stereocenters. The van der Waals surface area contributed by atoms with Crippen LogP contribution in [0.25, 0.3) is 0 Å². The molecule has 0 fully saturated rings. The summed E-state index contributed by atoms with van der Waals surface area (Å²) in [6.07, 6.45) is 1.71. The molecule has 3 nitrogen and oxygen atoms in total. The molecule has 1 unspecified atom stereocenters. The van der Waals surface area contributed by atoms with Gasteiger partial charge < -0.3 is 5.32 Å². The van der Waals surface area contributed by atoms with Crippen LogP contribution in [0.15, 0.2) is 24.4 Å². The zero-order valence-electron chi connectivity index (χ0n) is 9.92. The Balaban J connectivity index is 2.27. The van der Waals surface area contributed by atoms with Crippen molar-refractivity contribution in [3.63, 3.8) is 0 Å².